The second-order valence-corrected chi connectivity index (χ2v) is 3.04. The van der Waals surface area contributed by atoms with Gasteiger partial charge in [-0.3, -0.25) is 0 Å². The van der Waals surface area contributed by atoms with E-state index in [0.29, 0.717) is 0 Å². The summed E-state index contributed by atoms with van der Waals surface area (Å²) in [5.74, 6) is 0. The molecule has 0 amide bonds. The van der Waals surface area contributed by atoms with Crippen molar-refractivity contribution in [2.24, 2.45) is 0 Å². The molecule has 0 aliphatic rings. The molecule has 2 aromatic carbocycles. The first-order valence-corrected chi connectivity index (χ1v) is 3.90. The molecular weight excluding hydrogens is 294 g/mol. The van der Waals surface area contributed by atoms with Gasteiger partial charge in [0.2, 0.25) is 0 Å². The van der Waals surface area contributed by atoms with Gasteiger partial charge in [-0.1, -0.05) is 19.9 Å². The van der Waals surface area contributed by atoms with Crippen molar-refractivity contribution in [3.8, 4) is 0 Å². The van der Waals surface area contributed by atoms with Gasteiger partial charge in [0.1, 0.15) is 0 Å². The Morgan fingerprint density at radius 2 is 1.57 bits per heavy atom. The van der Waals surface area contributed by atoms with Gasteiger partial charge in [0.25, 0.3) is 0 Å². The van der Waals surface area contributed by atoms with Gasteiger partial charge < -0.3 is 0 Å². The summed E-state index contributed by atoms with van der Waals surface area (Å²) in [6.45, 7) is 4.34. The monoisotopic (exact) mass is 305 g/mol. The first-order valence-electron chi connectivity index (χ1n) is 3.90. The smallest absolute Gasteiger partial charge is 0 e. The fraction of sp³-hybridized carbons (Fsp3) is 0.182. The van der Waals surface area contributed by atoms with Gasteiger partial charge in [0.05, 0.1) is 0 Å². The van der Waals surface area contributed by atoms with E-state index in [4.69, 9.17) is 0 Å². The van der Waals surface area contributed by atoms with Crippen LogP contribution in [0.5, 0.6) is 0 Å². The first-order chi connectivity index (χ1) is 5.29. The second kappa shape index (κ2) is 6.72. The Labute approximate surface area is 116 Å². The third-order valence-corrected chi connectivity index (χ3v) is 2.33. The molecule has 76 valence electrons. The van der Waals surface area contributed by atoms with Crippen molar-refractivity contribution in [2.75, 3.05) is 0 Å². The van der Waals surface area contributed by atoms with Crippen molar-refractivity contribution in [2.45, 2.75) is 13.8 Å². The molecule has 0 aliphatic heterocycles. The Kier molecular flexibility index (Phi) is 8.02. The first kappa shape index (κ1) is 16.7. The summed E-state index contributed by atoms with van der Waals surface area (Å²) in [5, 5.41) is 2.76. The van der Waals surface area contributed by atoms with Crippen LogP contribution in [0.25, 0.3) is 10.8 Å². The minimum absolute atomic E-state index is 0. The van der Waals surface area contributed by atoms with Crippen LogP contribution in [0.1, 0.15) is 11.1 Å². The molecule has 0 aliphatic carbocycles. The van der Waals surface area contributed by atoms with E-state index in [1.807, 2.05) is 0 Å². The molecule has 0 N–H and O–H groups in total. The standard InChI is InChI=1S/C11H11.2ClH.Zr/c1-8-7-10-5-3-4-6-11(10)9(8)2;;;/h3-7H,1-2H3;2*1H;/q-1;;;. The summed E-state index contributed by atoms with van der Waals surface area (Å²) in [7, 11) is 0. The summed E-state index contributed by atoms with van der Waals surface area (Å²) in [6, 6.07) is 10.8. The maximum Gasteiger partial charge on any atom is 0 e. The van der Waals surface area contributed by atoms with Crippen LogP contribution < -0.4 is 0 Å². The van der Waals surface area contributed by atoms with Crippen LogP contribution in [-0.2, 0) is 26.2 Å². The fourth-order valence-electron chi connectivity index (χ4n) is 1.52. The van der Waals surface area contributed by atoms with Crippen molar-refractivity contribution in [3.63, 3.8) is 0 Å². The molecule has 0 saturated carbocycles. The van der Waals surface area contributed by atoms with Gasteiger partial charge in [-0.05, 0) is 0 Å². The molecule has 0 aromatic heterocycles. The zero-order valence-corrected chi connectivity index (χ0v) is 12.3. The van der Waals surface area contributed by atoms with E-state index < -0.39 is 0 Å². The third-order valence-electron chi connectivity index (χ3n) is 2.33. The van der Waals surface area contributed by atoms with Crippen molar-refractivity contribution >= 4 is 35.6 Å². The van der Waals surface area contributed by atoms with Crippen LogP contribution in [0, 0.1) is 13.8 Å². The Hall–Kier alpha value is 0.293. The molecule has 3 heteroatoms. The maximum atomic E-state index is 2.24. The van der Waals surface area contributed by atoms with Crippen LogP contribution in [0.2, 0.25) is 0 Å². The molecule has 0 heterocycles. The van der Waals surface area contributed by atoms with Crippen molar-refractivity contribution < 1.29 is 26.2 Å². The molecule has 0 atom stereocenters. The van der Waals surface area contributed by atoms with Gasteiger partial charge in [-0.25, -0.2) is 0 Å². The summed E-state index contributed by atoms with van der Waals surface area (Å²) >= 11 is 0. The average Bonchev–Trinajstić information content (AvgIpc) is 2.30. The zero-order chi connectivity index (χ0) is 7.84. The summed E-state index contributed by atoms with van der Waals surface area (Å²) in [6.07, 6.45) is 0. The van der Waals surface area contributed by atoms with E-state index in [1.54, 1.807) is 0 Å². The third kappa shape index (κ3) is 2.89. The number of rotatable bonds is 0. The quantitative estimate of drug-likeness (QED) is 0.645. The SMILES string of the molecule is Cc1[cH-]c2ccccc2c1C.Cl.Cl.[Zr]. The van der Waals surface area contributed by atoms with E-state index in [0.717, 1.165) is 0 Å². The van der Waals surface area contributed by atoms with Gasteiger partial charge in [0, 0.05) is 26.2 Å². The number of hydrogen-bond donors (Lipinski definition) is 0. The van der Waals surface area contributed by atoms with Crippen molar-refractivity contribution in [1.29, 1.82) is 0 Å². The molecule has 0 nitrogen and oxygen atoms in total. The van der Waals surface area contributed by atoms with Crippen molar-refractivity contribution in [1.82, 2.24) is 0 Å². The number of benzene rings is 1. The Morgan fingerprint density at radius 1 is 1.00 bits per heavy atom. The molecular formula is C11H13Cl2Zr-. The van der Waals surface area contributed by atoms with Gasteiger partial charge >= 0.3 is 0 Å². The fourth-order valence-corrected chi connectivity index (χ4v) is 1.52. The Morgan fingerprint density at radius 3 is 2.14 bits per heavy atom. The Balaban J connectivity index is 0. The van der Waals surface area contributed by atoms with Gasteiger partial charge in [-0.15, -0.1) is 65.4 Å². The van der Waals surface area contributed by atoms with E-state index in [2.05, 4.69) is 44.2 Å². The topological polar surface area (TPSA) is 0 Å². The minimum atomic E-state index is 0. The number of fused-ring (bicyclic) bond motifs is 1. The average molecular weight is 307 g/mol. The molecule has 0 saturated heterocycles. The molecule has 0 spiro atoms. The number of hydrogen-bond acceptors (Lipinski definition) is 0. The molecule has 0 bridgehead atoms. The largest absolute Gasteiger partial charge is 0.154 e. The predicted octanol–water partition coefficient (Wildman–Crippen LogP) is 4.02. The zero-order valence-electron chi connectivity index (χ0n) is 8.20. The van der Waals surface area contributed by atoms with Crippen LogP contribution >= 0.6 is 24.8 Å². The molecule has 14 heavy (non-hydrogen) atoms. The second-order valence-electron chi connectivity index (χ2n) is 3.04. The number of aryl methyl sites for hydroxylation is 2. The van der Waals surface area contributed by atoms with E-state index >= 15 is 0 Å². The van der Waals surface area contributed by atoms with Crippen LogP contribution in [-0.4, -0.2) is 0 Å². The molecule has 0 unspecified atom stereocenters. The van der Waals surface area contributed by atoms with Crippen LogP contribution in [0.4, 0.5) is 0 Å². The Bertz CT molecular complexity index is 393. The predicted molar refractivity (Wildman–Crippen MR) is 63.5 cm³/mol. The molecule has 2 rings (SSSR count). The van der Waals surface area contributed by atoms with Crippen LogP contribution in [0.3, 0.4) is 0 Å². The summed E-state index contributed by atoms with van der Waals surface area (Å²) in [4.78, 5) is 0. The summed E-state index contributed by atoms with van der Waals surface area (Å²) in [5.41, 5.74) is 2.81. The van der Waals surface area contributed by atoms with E-state index in [1.165, 1.54) is 21.9 Å². The van der Waals surface area contributed by atoms with E-state index in [-0.39, 0.29) is 51.0 Å². The normalized spacial score (nSPS) is 8.43. The summed E-state index contributed by atoms with van der Waals surface area (Å²) < 4.78 is 0. The van der Waals surface area contributed by atoms with Gasteiger partial charge in [0.15, 0.2) is 0 Å². The van der Waals surface area contributed by atoms with Crippen molar-refractivity contribution in [3.05, 3.63) is 41.5 Å². The molecule has 0 fully saturated rings. The maximum absolute atomic E-state index is 2.24. The minimum Gasteiger partial charge on any atom is -0.154 e. The van der Waals surface area contributed by atoms with E-state index in [9.17, 15) is 0 Å². The van der Waals surface area contributed by atoms with Crippen LogP contribution in [0.15, 0.2) is 30.3 Å². The van der Waals surface area contributed by atoms with Gasteiger partial charge in [-0.2, -0.15) is 5.56 Å². The molecule has 2 aromatic rings. The number of halogens is 2. The molecule has 0 radical (unpaired) electrons.